The summed E-state index contributed by atoms with van der Waals surface area (Å²) in [7, 11) is 0. The number of hydrogen-bond acceptors (Lipinski definition) is 3. The van der Waals surface area contributed by atoms with Crippen LogP contribution in [0.1, 0.15) is 5.56 Å². The highest BCUT2D eigenvalue weighted by molar-refractivity contribution is 6.34. The average molecular weight is 236 g/mol. The van der Waals surface area contributed by atoms with Gasteiger partial charge in [-0.25, -0.2) is 4.98 Å². The van der Waals surface area contributed by atoms with E-state index in [1.807, 2.05) is 5.32 Å². The van der Waals surface area contributed by atoms with Crippen LogP contribution >= 0.6 is 11.6 Å². The topological polar surface area (TPSA) is 48.7 Å². The lowest BCUT2D eigenvalue weighted by atomic mass is 10.3. The number of aromatic nitrogens is 1. The largest absolute Gasteiger partial charge is 0.405 e. The highest BCUT2D eigenvalue weighted by atomic mass is 35.5. The predicted molar refractivity (Wildman–Crippen MR) is 48.5 cm³/mol. The summed E-state index contributed by atoms with van der Waals surface area (Å²) in [6.45, 7) is -1.24. The van der Waals surface area contributed by atoms with Gasteiger partial charge in [0, 0.05) is 6.20 Å². The van der Waals surface area contributed by atoms with Gasteiger partial charge in [0.25, 0.3) is 0 Å². The zero-order valence-electron chi connectivity index (χ0n) is 7.27. The fourth-order valence-electron chi connectivity index (χ4n) is 0.837. The van der Waals surface area contributed by atoms with Crippen molar-refractivity contribution in [3.05, 3.63) is 22.8 Å². The summed E-state index contributed by atoms with van der Waals surface area (Å²) in [5.41, 5.74) is 0.0799. The fourth-order valence-corrected chi connectivity index (χ4v) is 1.06. The van der Waals surface area contributed by atoms with Crippen LogP contribution in [0, 0.1) is 11.3 Å². The first-order valence-corrected chi connectivity index (χ1v) is 4.17. The molecule has 0 bridgehead atoms. The molecule has 0 aliphatic heterocycles. The first kappa shape index (κ1) is 11.6. The third kappa shape index (κ3) is 3.29. The van der Waals surface area contributed by atoms with Crippen molar-refractivity contribution < 1.29 is 13.2 Å². The Balaban J connectivity index is 2.83. The molecule has 0 fully saturated rings. The number of alkyl halides is 3. The van der Waals surface area contributed by atoms with Gasteiger partial charge in [0.2, 0.25) is 0 Å². The molecular weight excluding hydrogens is 231 g/mol. The fraction of sp³-hybridized carbons (Fsp3) is 0.250. The number of nitrogens with one attached hydrogen (secondary N) is 1. The SMILES string of the molecule is N#Cc1ccnc(NCC(F)(F)F)c1Cl. The number of pyridine rings is 1. The second-order valence-electron chi connectivity index (χ2n) is 2.60. The molecule has 1 heterocycles. The molecule has 7 heteroatoms. The van der Waals surface area contributed by atoms with Crippen molar-refractivity contribution in [3.8, 4) is 6.07 Å². The average Bonchev–Trinajstić information content (AvgIpc) is 2.15. The molecule has 0 radical (unpaired) electrons. The number of nitriles is 1. The van der Waals surface area contributed by atoms with E-state index in [-0.39, 0.29) is 16.4 Å². The minimum atomic E-state index is -4.35. The van der Waals surface area contributed by atoms with Crippen LogP contribution in [0.4, 0.5) is 19.0 Å². The van der Waals surface area contributed by atoms with E-state index in [0.29, 0.717) is 0 Å². The standard InChI is InChI=1S/C8H5ClF3N3/c9-6-5(3-13)1-2-14-7(6)15-4-8(10,11)12/h1-2H,4H2,(H,14,15). The molecule has 80 valence electrons. The van der Waals surface area contributed by atoms with Gasteiger partial charge >= 0.3 is 6.18 Å². The van der Waals surface area contributed by atoms with Crippen LogP contribution in [0.3, 0.4) is 0 Å². The van der Waals surface area contributed by atoms with Gasteiger partial charge in [-0.15, -0.1) is 0 Å². The quantitative estimate of drug-likeness (QED) is 0.857. The van der Waals surface area contributed by atoms with Crippen LogP contribution in [0.25, 0.3) is 0 Å². The van der Waals surface area contributed by atoms with E-state index >= 15 is 0 Å². The third-order valence-corrected chi connectivity index (χ3v) is 1.85. The Hall–Kier alpha value is -1.48. The Labute approximate surface area is 88.5 Å². The Morgan fingerprint density at radius 2 is 2.20 bits per heavy atom. The lowest BCUT2D eigenvalue weighted by Crippen LogP contribution is -2.22. The van der Waals surface area contributed by atoms with Gasteiger partial charge in [-0.3, -0.25) is 0 Å². The lowest BCUT2D eigenvalue weighted by molar-refractivity contribution is -0.115. The molecule has 15 heavy (non-hydrogen) atoms. The first-order valence-electron chi connectivity index (χ1n) is 3.79. The normalized spacial score (nSPS) is 10.9. The van der Waals surface area contributed by atoms with Crippen LogP contribution < -0.4 is 5.32 Å². The summed E-state index contributed by atoms with van der Waals surface area (Å²) < 4.78 is 35.6. The third-order valence-electron chi connectivity index (χ3n) is 1.47. The lowest BCUT2D eigenvalue weighted by Gasteiger charge is -2.09. The molecule has 1 rings (SSSR count). The Kier molecular flexibility index (Phi) is 3.37. The van der Waals surface area contributed by atoms with Gasteiger partial charge in [0.15, 0.2) is 0 Å². The van der Waals surface area contributed by atoms with Crippen molar-refractivity contribution in [1.29, 1.82) is 5.26 Å². The van der Waals surface area contributed by atoms with E-state index in [9.17, 15) is 13.2 Å². The number of nitrogens with zero attached hydrogens (tertiary/aromatic N) is 2. The number of hydrogen-bond donors (Lipinski definition) is 1. The molecule has 0 spiro atoms. The maximum atomic E-state index is 11.9. The molecular formula is C8H5ClF3N3. The maximum Gasteiger partial charge on any atom is 0.405 e. The van der Waals surface area contributed by atoms with Crippen LogP contribution in [-0.2, 0) is 0 Å². The second-order valence-corrected chi connectivity index (χ2v) is 2.98. The molecule has 0 aliphatic rings. The number of anilines is 1. The Morgan fingerprint density at radius 1 is 1.53 bits per heavy atom. The summed E-state index contributed by atoms with van der Waals surface area (Å²) in [6, 6.07) is 3.06. The highest BCUT2D eigenvalue weighted by Gasteiger charge is 2.27. The number of rotatable bonds is 2. The van der Waals surface area contributed by atoms with Gasteiger partial charge in [-0.2, -0.15) is 18.4 Å². The van der Waals surface area contributed by atoms with Crippen LogP contribution in [0.15, 0.2) is 12.3 Å². The minimum Gasteiger partial charge on any atom is -0.360 e. The van der Waals surface area contributed by atoms with Crippen molar-refractivity contribution in [2.45, 2.75) is 6.18 Å². The van der Waals surface area contributed by atoms with Crippen molar-refractivity contribution in [3.63, 3.8) is 0 Å². The number of halogens is 4. The van der Waals surface area contributed by atoms with Gasteiger partial charge < -0.3 is 5.32 Å². The summed E-state index contributed by atoms with van der Waals surface area (Å²) in [5, 5.41) is 10.5. The molecule has 0 atom stereocenters. The molecule has 1 aromatic heterocycles. The second kappa shape index (κ2) is 4.36. The molecule has 0 saturated heterocycles. The van der Waals surface area contributed by atoms with Crippen molar-refractivity contribution in [1.82, 2.24) is 4.98 Å². The summed E-state index contributed by atoms with van der Waals surface area (Å²) in [6.07, 6.45) is -3.14. The van der Waals surface area contributed by atoms with E-state index in [2.05, 4.69) is 4.98 Å². The Morgan fingerprint density at radius 3 is 2.73 bits per heavy atom. The summed E-state index contributed by atoms with van der Waals surface area (Å²) in [4.78, 5) is 3.60. The van der Waals surface area contributed by atoms with E-state index in [4.69, 9.17) is 16.9 Å². The molecule has 0 unspecified atom stereocenters. The molecule has 1 N–H and O–H groups in total. The van der Waals surface area contributed by atoms with Crippen molar-refractivity contribution >= 4 is 17.4 Å². The van der Waals surface area contributed by atoms with Gasteiger partial charge in [0.1, 0.15) is 23.5 Å². The molecule has 0 saturated carbocycles. The van der Waals surface area contributed by atoms with E-state index in [1.165, 1.54) is 12.3 Å². The smallest absolute Gasteiger partial charge is 0.360 e. The zero-order valence-corrected chi connectivity index (χ0v) is 8.02. The first-order chi connectivity index (χ1) is 6.94. The van der Waals surface area contributed by atoms with E-state index < -0.39 is 12.7 Å². The van der Waals surface area contributed by atoms with Crippen molar-refractivity contribution in [2.24, 2.45) is 0 Å². The van der Waals surface area contributed by atoms with Crippen LogP contribution in [-0.4, -0.2) is 17.7 Å². The van der Waals surface area contributed by atoms with Gasteiger partial charge in [-0.05, 0) is 6.07 Å². The monoisotopic (exact) mass is 235 g/mol. The molecule has 0 amide bonds. The van der Waals surface area contributed by atoms with Crippen LogP contribution in [0.5, 0.6) is 0 Å². The van der Waals surface area contributed by atoms with Crippen LogP contribution in [0.2, 0.25) is 5.02 Å². The summed E-state index contributed by atoms with van der Waals surface area (Å²) in [5.74, 6) is -0.145. The molecule has 1 aromatic rings. The Bertz CT molecular complexity index is 397. The van der Waals surface area contributed by atoms with Gasteiger partial charge in [-0.1, -0.05) is 11.6 Å². The molecule has 0 aromatic carbocycles. The minimum absolute atomic E-state index is 0.0799. The van der Waals surface area contributed by atoms with Crippen molar-refractivity contribution in [2.75, 3.05) is 11.9 Å². The van der Waals surface area contributed by atoms with E-state index in [0.717, 1.165) is 0 Å². The predicted octanol–water partition coefficient (Wildman–Crippen LogP) is 2.58. The molecule has 3 nitrogen and oxygen atoms in total. The maximum absolute atomic E-state index is 11.9. The zero-order chi connectivity index (χ0) is 11.5. The van der Waals surface area contributed by atoms with Gasteiger partial charge in [0.05, 0.1) is 5.56 Å². The highest BCUT2D eigenvalue weighted by Crippen LogP contribution is 2.24. The van der Waals surface area contributed by atoms with E-state index in [1.54, 1.807) is 6.07 Å². The molecule has 0 aliphatic carbocycles. The summed E-state index contributed by atoms with van der Waals surface area (Å²) >= 11 is 5.62.